The third-order valence-electron chi connectivity index (χ3n) is 4.94. The highest BCUT2D eigenvalue weighted by Crippen LogP contribution is 2.17. The Bertz CT molecular complexity index is 328. The van der Waals surface area contributed by atoms with Crippen LogP contribution in [0.3, 0.4) is 0 Å². The molecule has 0 spiro atoms. The van der Waals surface area contributed by atoms with Crippen molar-refractivity contribution < 1.29 is 4.79 Å². The van der Waals surface area contributed by atoms with E-state index in [2.05, 4.69) is 36.0 Å². The van der Waals surface area contributed by atoms with Crippen LogP contribution < -0.4 is 5.32 Å². The van der Waals surface area contributed by atoms with Gasteiger partial charge in [-0.1, -0.05) is 0 Å². The lowest BCUT2D eigenvalue weighted by atomic mass is 10.1. The molecule has 2 fully saturated rings. The molecule has 21 heavy (non-hydrogen) atoms. The molecule has 2 heterocycles. The minimum atomic E-state index is 0.295. The summed E-state index contributed by atoms with van der Waals surface area (Å²) in [5.41, 5.74) is 0. The molecule has 2 saturated heterocycles. The van der Waals surface area contributed by atoms with Crippen molar-refractivity contribution in [2.75, 3.05) is 52.9 Å². The van der Waals surface area contributed by atoms with E-state index in [4.69, 9.17) is 0 Å². The minimum absolute atomic E-state index is 0.295. The van der Waals surface area contributed by atoms with Crippen LogP contribution in [0.15, 0.2) is 0 Å². The fraction of sp³-hybridized carbons (Fsp3) is 0.938. The lowest BCUT2D eigenvalue weighted by Crippen LogP contribution is -2.50. The summed E-state index contributed by atoms with van der Waals surface area (Å²) in [5, 5.41) is 3.30. The summed E-state index contributed by atoms with van der Waals surface area (Å²) in [7, 11) is 2.12. The molecule has 0 bridgehead atoms. The van der Waals surface area contributed by atoms with Gasteiger partial charge in [-0.25, -0.2) is 0 Å². The minimum Gasteiger partial charge on any atom is -0.339 e. The summed E-state index contributed by atoms with van der Waals surface area (Å²) >= 11 is 0. The van der Waals surface area contributed by atoms with E-state index in [1.54, 1.807) is 0 Å². The van der Waals surface area contributed by atoms with Crippen molar-refractivity contribution in [1.29, 1.82) is 0 Å². The molecule has 1 unspecified atom stereocenters. The standard InChI is InChI=1S/C16H32N4O/c1-14(2)19-9-4-5-15(6-10-19)18(3)13-16(21)20-11-7-17-8-12-20/h14-15,17H,4-13H2,1-3H3. The maximum atomic E-state index is 12.4. The number of carbonyl (C=O) groups excluding carboxylic acids is 1. The molecular weight excluding hydrogens is 264 g/mol. The van der Waals surface area contributed by atoms with Crippen LogP contribution in [0.2, 0.25) is 0 Å². The topological polar surface area (TPSA) is 38.8 Å². The van der Waals surface area contributed by atoms with Gasteiger partial charge >= 0.3 is 0 Å². The van der Waals surface area contributed by atoms with Gasteiger partial charge in [0.15, 0.2) is 0 Å². The molecule has 2 aliphatic rings. The number of piperazine rings is 1. The van der Waals surface area contributed by atoms with Gasteiger partial charge in [-0.15, -0.1) is 0 Å². The van der Waals surface area contributed by atoms with Crippen LogP contribution in [0.5, 0.6) is 0 Å². The van der Waals surface area contributed by atoms with E-state index in [-0.39, 0.29) is 0 Å². The first kappa shape index (κ1) is 16.7. The van der Waals surface area contributed by atoms with Gasteiger partial charge in [-0.3, -0.25) is 9.69 Å². The van der Waals surface area contributed by atoms with Gasteiger partial charge in [-0.05, 0) is 53.2 Å². The van der Waals surface area contributed by atoms with Gasteiger partial charge in [0.25, 0.3) is 0 Å². The molecule has 1 amide bonds. The third-order valence-corrected chi connectivity index (χ3v) is 4.94. The lowest BCUT2D eigenvalue weighted by Gasteiger charge is -2.32. The van der Waals surface area contributed by atoms with Crippen LogP contribution in [0.1, 0.15) is 33.1 Å². The summed E-state index contributed by atoms with van der Waals surface area (Å²) in [5.74, 6) is 0.295. The predicted octanol–water partition coefficient (Wildman–Crippen LogP) is 0.613. The normalized spacial score (nSPS) is 25.4. The zero-order valence-electron chi connectivity index (χ0n) is 14.0. The number of likely N-dealkylation sites (tertiary alicyclic amines) is 1. The quantitative estimate of drug-likeness (QED) is 0.825. The number of nitrogens with zero attached hydrogens (tertiary/aromatic N) is 3. The van der Waals surface area contributed by atoms with Crippen molar-refractivity contribution in [1.82, 2.24) is 20.0 Å². The molecule has 0 aromatic heterocycles. The van der Waals surface area contributed by atoms with E-state index in [0.29, 0.717) is 24.5 Å². The molecule has 0 aromatic carbocycles. The fourth-order valence-corrected chi connectivity index (χ4v) is 3.41. The Morgan fingerprint density at radius 2 is 1.90 bits per heavy atom. The number of carbonyl (C=O) groups is 1. The molecule has 2 rings (SSSR count). The third kappa shape index (κ3) is 4.94. The molecule has 5 nitrogen and oxygen atoms in total. The van der Waals surface area contributed by atoms with Gasteiger partial charge in [0.1, 0.15) is 0 Å². The molecule has 1 N–H and O–H groups in total. The van der Waals surface area contributed by atoms with Gasteiger partial charge in [0.2, 0.25) is 5.91 Å². The zero-order chi connectivity index (χ0) is 15.2. The van der Waals surface area contributed by atoms with E-state index in [9.17, 15) is 4.79 Å². The van der Waals surface area contributed by atoms with Crippen LogP contribution in [0.4, 0.5) is 0 Å². The summed E-state index contributed by atoms with van der Waals surface area (Å²) in [6, 6.07) is 1.19. The number of amides is 1. The number of rotatable bonds is 4. The second-order valence-electron chi connectivity index (χ2n) is 6.76. The van der Waals surface area contributed by atoms with Crippen molar-refractivity contribution in [2.24, 2.45) is 0 Å². The zero-order valence-corrected chi connectivity index (χ0v) is 14.0. The average Bonchev–Trinajstić information content (AvgIpc) is 2.74. The maximum Gasteiger partial charge on any atom is 0.236 e. The SMILES string of the molecule is CC(C)N1CCCC(N(C)CC(=O)N2CCNCC2)CC1. The molecule has 122 valence electrons. The van der Waals surface area contributed by atoms with E-state index < -0.39 is 0 Å². The Hall–Kier alpha value is -0.650. The van der Waals surface area contributed by atoms with Gasteiger partial charge in [0.05, 0.1) is 6.54 Å². The Morgan fingerprint density at radius 1 is 1.19 bits per heavy atom. The first-order chi connectivity index (χ1) is 10.1. The Labute approximate surface area is 129 Å². The highest BCUT2D eigenvalue weighted by atomic mass is 16.2. The summed E-state index contributed by atoms with van der Waals surface area (Å²) in [6.07, 6.45) is 3.65. The Morgan fingerprint density at radius 3 is 2.57 bits per heavy atom. The predicted molar refractivity (Wildman–Crippen MR) is 86.4 cm³/mol. The second kappa shape index (κ2) is 8.11. The monoisotopic (exact) mass is 296 g/mol. The van der Waals surface area contributed by atoms with Crippen LogP contribution in [0.25, 0.3) is 0 Å². The maximum absolute atomic E-state index is 12.4. The second-order valence-corrected chi connectivity index (χ2v) is 6.76. The molecule has 0 aliphatic carbocycles. The van der Waals surface area contributed by atoms with E-state index in [1.165, 1.54) is 25.8 Å². The van der Waals surface area contributed by atoms with Gasteiger partial charge in [0, 0.05) is 38.3 Å². The molecule has 0 radical (unpaired) electrons. The Balaban J connectivity index is 1.79. The molecule has 0 aromatic rings. The number of hydrogen-bond donors (Lipinski definition) is 1. The van der Waals surface area contributed by atoms with E-state index in [0.717, 1.165) is 32.7 Å². The summed E-state index contributed by atoms with van der Waals surface area (Å²) < 4.78 is 0. The van der Waals surface area contributed by atoms with Gasteiger partial charge in [-0.2, -0.15) is 0 Å². The van der Waals surface area contributed by atoms with Crippen LogP contribution >= 0.6 is 0 Å². The number of likely N-dealkylation sites (N-methyl/N-ethyl adjacent to an activating group) is 1. The molecule has 2 aliphatic heterocycles. The number of nitrogens with one attached hydrogen (secondary N) is 1. The van der Waals surface area contributed by atoms with Crippen molar-refractivity contribution in [3.05, 3.63) is 0 Å². The summed E-state index contributed by atoms with van der Waals surface area (Å²) in [6.45, 7) is 11.1. The molecule has 1 atom stereocenters. The average molecular weight is 296 g/mol. The fourth-order valence-electron chi connectivity index (χ4n) is 3.41. The summed E-state index contributed by atoms with van der Waals surface area (Å²) in [4.78, 5) is 19.2. The number of hydrogen-bond acceptors (Lipinski definition) is 4. The largest absolute Gasteiger partial charge is 0.339 e. The van der Waals surface area contributed by atoms with E-state index in [1.807, 2.05) is 4.90 Å². The first-order valence-electron chi connectivity index (χ1n) is 8.50. The van der Waals surface area contributed by atoms with Crippen molar-refractivity contribution >= 4 is 5.91 Å². The molecular formula is C16H32N4O. The lowest BCUT2D eigenvalue weighted by molar-refractivity contribution is -0.133. The van der Waals surface area contributed by atoms with Gasteiger partial charge < -0.3 is 15.1 Å². The Kier molecular flexibility index (Phi) is 6.45. The highest BCUT2D eigenvalue weighted by Gasteiger charge is 2.24. The highest BCUT2D eigenvalue weighted by molar-refractivity contribution is 5.78. The molecule has 5 heteroatoms. The van der Waals surface area contributed by atoms with Crippen LogP contribution in [-0.4, -0.2) is 85.6 Å². The van der Waals surface area contributed by atoms with Crippen LogP contribution in [-0.2, 0) is 4.79 Å². The van der Waals surface area contributed by atoms with Crippen molar-refractivity contribution in [3.63, 3.8) is 0 Å². The van der Waals surface area contributed by atoms with Crippen LogP contribution in [0, 0.1) is 0 Å². The first-order valence-corrected chi connectivity index (χ1v) is 8.50. The van der Waals surface area contributed by atoms with E-state index >= 15 is 0 Å². The smallest absolute Gasteiger partial charge is 0.236 e. The van der Waals surface area contributed by atoms with Crippen molar-refractivity contribution in [2.45, 2.75) is 45.2 Å². The molecule has 0 saturated carbocycles. The van der Waals surface area contributed by atoms with Crippen molar-refractivity contribution in [3.8, 4) is 0 Å².